The van der Waals surface area contributed by atoms with E-state index in [-0.39, 0.29) is 24.3 Å². The third-order valence-corrected chi connectivity index (χ3v) is 6.19. The number of alkyl halides is 3. The molecule has 0 bridgehead atoms. The Balaban J connectivity index is 1.88. The molecule has 0 saturated carbocycles. The van der Waals surface area contributed by atoms with Gasteiger partial charge in [-0.05, 0) is 48.6 Å². The molecule has 1 unspecified atom stereocenters. The Morgan fingerprint density at radius 3 is 2.33 bits per heavy atom. The van der Waals surface area contributed by atoms with Gasteiger partial charge in [0.05, 0.1) is 17.9 Å². The van der Waals surface area contributed by atoms with E-state index in [0.717, 1.165) is 16.5 Å². The summed E-state index contributed by atoms with van der Waals surface area (Å²) in [7, 11) is 0. The highest BCUT2D eigenvalue weighted by Crippen LogP contribution is 2.50. The van der Waals surface area contributed by atoms with Crippen molar-refractivity contribution in [3.05, 3.63) is 70.9 Å². The van der Waals surface area contributed by atoms with E-state index in [9.17, 15) is 22.8 Å². The molecular weight excluding hydrogens is 431 g/mol. The van der Waals surface area contributed by atoms with Gasteiger partial charge in [0.15, 0.2) is 5.78 Å². The van der Waals surface area contributed by atoms with Crippen LogP contribution in [0.25, 0.3) is 0 Å². The van der Waals surface area contributed by atoms with Crippen molar-refractivity contribution >= 4 is 17.4 Å². The van der Waals surface area contributed by atoms with Gasteiger partial charge in [0.2, 0.25) is 5.91 Å². The maximum absolute atomic E-state index is 13.8. The number of amides is 1. The standard InChI is InChI=1S/C26H26F3NO3/c1-4-33-17-11-9-16(10-12-17)18-13-23(32)30(20-8-6-5-7-19(20)26(27,28)29)21-14-25(2,3)15-22(31)24(18)21/h5-12,18H,4,13-15H2,1-3H3. The second kappa shape index (κ2) is 8.36. The van der Waals surface area contributed by atoms with Gasteiger partial charge < -0.3 is 4.74 Å². The molecule has 0 aromatic heterocycles. The number of anilines is 1. The third kappa shape index (κ3) is 4.41. The molecule has 174 valence electrons. The van der Waals surface area contributed by atoms with Crippen LogP contribution < -0.4 is 9.64 Å². The lowest BCUT2D eigenvalue weighted by molar-refractivity contribution is -0.137. The fourth-order valence-electron chi connectivity index (χ4n) is 4.85. The fourth-order valence-corrected chi connectivity index (χ4v) is 4.85. The summed E-state index contributed by atoms with van der Waals surface area (Å²) in [5, 5.41) is 0. The number of benzene rings is 2. The van der Waals surface area contributed by atoms with Gasteiger partial charge >= 0.3 is 6.18 Å². The minimum absolute atomic E-state index is 0.0782. The average molecular weight is 457 g/mol. The minimum Gasteiger partial charge on any atom is -0.494 e. The van der Waals surface area contributed by atoms with Crippen molar-refractivity contribution in [2.24, 2.45) is 5.41 Å². The zero-order valence-corrected chi connectivity index (χ0v) is 18.8. The third-order valence-electron chi connectivity index (χ3n) is 6.19. The maximum Gasteiger partial charge on any atom is 0.418 e. The van der Waals surface area contributed by atoms with E-state index >= 15 is 0 Å². The summed E-state index contributed by atoms with van der Waals surface area (Å²) >= 11 is 0. The van der Waals surface area contributed by atoms with Crippen LogP contribution in [0, 0.1) is 5.41 Å². The first-order valence-electron chi connectivity index (χ1n) is 11.0. The Kier molecular flexibility index (Phi) is 5.85. The monoisotopic (exact) mass is 457 g/mol. The van der Waals surface area contributed by atoms with Gasteiger partial charge in [-0.25, -0.2) is 0 Å². The smallest absolute Gasteiger partial charge is 0.418 e. The highest BCUT2D eigenvalue weighted by Gasteiger charge is 2.46. The zero-order valence-electron chi connectivity index (χ0n) is 18.8. The first kappa shape index (κ1) is 23.1. The van der Waals surface area contributed by atoms with Gasteiger partial charge in [-0.3, -0.25) is 14.5 Å². The number of ether oxygens (including phenoxy) is 1. The predicted molar refractivity (Wildman–Crippen MR) is 119 cm³/mol. The van der Waals surface area contributed by atoms with Gasteiger partial charge in [0.1, 0.15) is 5.75 Å². The van der Waals surface area contributed by atoms with Crippen molar-refractivity contribution in [3.8, 4) is 5.75 Å². The molecule has 0 N–H and O–H groups in total. The molecule has 1 aliphatic heterocycles. The number of carbonyl (C=O) groups excluding carboxylic acids is 2. The Hall–Kier alpha value is -3.09. The number of rotatable bonds is 4. The van der Waals surface area contributed by atoms with Crippen molar-refractivity contribution in [1.29, 1.82) is 0 Å². The van der Waals surface area contributed by atoms with E-state index in [1.807, 2.05) is 32.9 Å². The number of para-hydroxylation sites is 1. The van der Waals surface area contributed by atoms with Gasteiger partial charge in [-0.2, -0.15) is 13.2 Å². The number of hydrogen-bond donors (Lipinski definition) is 0. The normalized spacial score (nSPS) is 20.7. The van der Waals surface area contributed by atoms with Gasteiger partial charge in [0.25, 0.3) is 0 Å². The molecular formula is C26H26F3NO3. The zero-order chi connectivity index (χ0) is 24.0. The van der Waals surface area contributed by atoms with E-state index in [4.69, 9.17) is 4.74 Å². The van der Waals surface area contributed by atoms with Crippen LogP contribution in [0.15, 0.2) is 59.8 Å². The number of Topliss-reactive ketones (excluding diaryl/α,β-unsaturated/α-hetero) is 1. The van der Waals surface area contributed by atoms with Crippen LogP contribution in [-0.2, 0) is 15.8 Å². The second-order valence-corrected chi connectivity index (χ2v) is 9.30. The van der Waals surface area contributed by atoms with Crippen molar-refractivity contribution in [2.45, 2.75) is 52.1 Å². The van der Waals surface area contributed by atoms with Crippen LogP contribution in [0.1, 0.15) is 57.1 Å². The molecule has 1 atom stereocenters. The summed E-state index contributed by atoms with van der Waals surface area (Å²) < 4.78 is 46.9. The summed E-state index contributed by atoms with van der Waals surface area (Å²) in [5.41, 5.74) is 0.00968. The number of hydrogen-bond acceptors (Lipinski definition) is 3. The lowest BCUT2D eigenvalue weighted by Gasteiger charge is -2.43. The Morgan fingerprint density at radius 1 is 1.03 bits per heavy atom. The average Bonchev–Trinajstić information content (AvgIpc) is 2.72. The number of nitrogens with zero attached hydrogens (tertiary/aromatic N) is 1. The van der Waals surface area contributed by atoms with Gasteiger partial charge in [0, 0.05) is 30.0 Å². The number of carbonyl (C=O) groups is 2. The summed E-state index contributed by atoms with van der Waals surface area (Å²) in [6.07, 6.45) is -4.09. The van der Waals surface area contributed by atoms with Crippen LogP contribution in [-0.4, -0.2) is 18.3 Å². The minimum atomic E-state index is -4.63. The Labute approximate surface area is 191 Å². The fraction of sp³-hybridized carbons (Fsp3) is 0.385. The molecule has 33 heavy (non-hydrogen) atoms. The maximum atomic E-state index is 13.8. The van der Waals surface area contributed by atoms with Crippen molar-refractivity contribution in [3.63, 3.8) is 0 Å². The molecule has 4 rings (SSSR count). The highest BCUT2D eigenvalue weighted by atomic mass is 19.4. The highest BCUT2D eigenvalue weighted by molar-refractivity contribution is 6.08. The Morgan fingerprint density at radius 2 is 1.70 bits per heavy atom. The van der Waals surface area contributed by atoms with Crippen molar-refractivity contribution in [1.82, 2.24) is 0 Å². The van der Waals surface area contributed by atoms with Crippen LogP contribution in [0.3, 0.4) is 0 Å². The van der Waals surface area contributed by atoms with E-state index in [0.29, 0.717) is 30.0 Å². The summed E-state index contributed by atoms with van der Waals surface area (Å²) in [5.74, 6) is -0.396. The quantitative estimate of drug-likeness (QED) is 0.544. The molecule has 7 heteroatoms. The van der Waals surface area contributed by atoms with Crippen LogP contribution in [0.5, 0.6) is 5.75 Å². The molecule has 2 aromatic carbocycles. The summed E-state index contributed by atoms with van der Waals surface area (Å²) in [6.45, 7) is 6.18. The molecule has 0 spiro atoms. The molecule has 2 aromatic rings. The molecule has 1 aliphatic carbocycles. The van der Waals surface area contributed by atoms with E-state index in [2.05, 4.69) is 0 Å². The predicted octanol–water partition coefficient (Wildman–Crippen LogP) is 6.27. The van der Waals surface area contributed by atoms with Gasteiger partial charge in [-0.15, -0.1) is 0 Å². The largest absolute Gasteiger partial charge is 0.494 e. The lowest BCUT2D eigenvalue weighted by atomic mass is 9.69. The lowest BCUT2D eigenvalue weighted by Crippen LogP contribution is -2.44. The SMILES string of the molecule is CCOc1ccc(C2CC(=O)N(c3ccccc3C(F)(F)F)C3=C2C(=O)CC(C)(C)C3)cc1. The molecule has 4 nitrogen and oxygen atoms in total. The van der Waals surface area contributed by atoms with Crippen molar-refractivity contribution in [2.75, 3.05) is 11.5 Å². The Bertz CT molecular complexity index is 1120. The molecule has 2 aliphatic rings. The number of allylic oxidation sites excluding steroid dienone is 2. The van der Waals surface area contributed by atoms with Crippen molar-refractivity contribution < 1.29 is 27.5 Å². The van der Waals surface area contributed by atoms with E-state index in [1.54, 1.807) is 12.1 Å². The number of halogens is 3. The molecule has 0 fully saturated rings. The van der Waals surface area contributed by atoms with E-state index < -0.39 is 29.0 Å². The molecule has 0 radical (unpaired) electrons. The molecule has 0 saturated heterocycles. The second-order valence-electron chi connectivity index (χ2n) is 9.30. The number of ketones is 1. The summed E-state index contributed by atoms with van der Waals surface area (Å²) in [6, 6.07) is 12.3. The molecule has 1 amide bonds. The van der Waals surface area contributed by atoms with Gasteiger partial charge in [-0.1, -0.05) is 38.1 Å². The van der Waals surface area contributed by atoms with Crippen LogP contribution in [0.2, 0.25) is 0 Å². The first-order valence-corrected chi connectivity index (χ1v) is 11.0. The van der Waals surface area contributed by atoms with Crippen LogP contribution >= 0.6 is 0 Å². The molecule has 1 heterocycles. The topological polar surface area (TPSA) is 46.6 Å². The van der Waals surface area contributed by atoms with Crippen LogP contribution in [0.4, 0.5) is 18.9 Å². The summed E-state index contributed by atoms with van der Waals surface area (Å²) in [4.78, 5) is 27.8. The first-order chi connectivity index (χ1) is 15.5. The van der Waals surface area contributed by atoms with E-state index in [1.165, 1.54) is 18.2 Å².